The molecule has 158 valence electrons. The maximum atomic E-state index is 11.1. The number of allylic oxidation sites excluding steroid dienone is 2. The highest BCUT2D eigenvalue weighted by Gasteiger charge is 2.25. The van der Waals surface area contributed by atoms with E-state index in [0.29, 0.717) is 13.1 Å². The van der Waals surface area contributed by atoms with Gasteiger partial charge in [-0.1, -0.05) is 53.4 Å². The van der Waals surface area contributed by atoms with Crippen LogP contribution in [-0.4, -0.2) is 28.7 Å². The molecule has 0 radical (unpaired) electrons. The summed E-state index contributed by atoms with van der Waals surface area (Å²) in [5.41, 5.74) is 2.04. The summed E-state index contributed by atoms with van der Waals surface area (Å²) in [5, 5.41) is 20.2. The first-order valence-corrected chi connectivity index (χ1v) is 11.4. The molecule has 2 aromatic carbocycles. The fraction of sp³-hybridized carbons (Fsp3) is 0.174. The van der Waals surface area contributed by atoms with E-state index < -0.39 is 11.9 Å². The number of nitrogens with zero attached hydrogens (tertiary/aromatic N) is 2. The molecule has 6 nitrogen and oxygen atoms in total. The number of hydrogen-bond donors (Lipinski definition) is 2. The number of carboxylic acids is 2. The summed E-state index contributed by atoms with van der Waals surface area (Å²) in [6, 6.07) is 15.9. The first-order valence-electron chi connectivity index (χ1n) is 9.80. The Balaban J connectivity index is 1.62. The summed E-state index contributed by atoms with van der Waals surface area (Å²) >= 11 is 3.23. The summed E-state index contributed by atoms with van der Waals surface area (Å²) in [6.07, 6.45) is 6.03. The summed E-state index contributed by atoms with van der Waals surface area (Å²) in [5.74, 6) is -1.65. The van der Waals surface area contributed by atoms with Gasteiger partial charge in [-0.2, -0.15) is 4.57 Å². The molecule has 2 heterocycles. The van der Waals surface area contributed by atoms with Gasteiger partial charge >= 0.3 is 11.9 Å². The molecular weight excluding hydrogens is 432 g/mol. The van der Waals surface area contributed by atoms with Crippen molar-refractivity contribution in [2.45, 2.75) is 24.3 Å². The summed E-state index contributed by atoms with van der Waals surface area (Å²) < 4.78 is 3.13. The number of thiazole rings is 1. The minimum absolute atomic E-state index is 0.0570. The smallest absolute Gasteiger partial charge is 0.309 e. The zero-order valence-corrected chi connectivity index (χ0v) is 18.2. The van der Waals surface area contributed by atoms with E-state index in [9.17, 15) is 9.59 Å². The second kappa shape index (κ2) is 9.36. The van der Waals surface area contributed by atoms with Crippen molar-refractivity contribution >= 4 is 57.0 Å². The third kappa shape index (κ3) is 4.81. The Morgan fingerprint density at radius 1 is 1.00 bits per heavy atom. The molecule has 0 fully saturated rings. The zero-order chi connectivity index (χ0) is 21.8. The lowest BCUT2D eigenvalue weighted by Crippen LogP contribution is -2.36. The van der Waals surface area contributed by atoms with E-state index in [0.717, 1.165) is 30.8 Å². The SMILES string of the molecule is O=C(O)CCN1C(=CC=Cc2sc3ccccc3[n+]2CCC(=O)O)Sc2ccccc21. The highest BCUT2D eigenvalue weighted by Crippen LogP contribution is 2.45. The van der Waals surface area contributed by atoms with Crippen molar-refractivity contribution < 1.29 is 24.4 Å². The zero-order valence-electron chi connectivity index (χ0n) is 16.6. The molecule has 0 atom stereocenters. The summed E-state index contributed by atoms with van der Waals surface area (Å²) in [4.78, 5) is 25.3. The number of aryl methyl sites for hydroxylation is 1. The molecule has 0 saturated carbocycles. The number of para-hydroxylation sites is 2. The van der Waals surface area contributed by atoms with Crippen molar-refractivity contribution in [2.24, 2.45) is 0 Å². The maximum absolute atomic E-state index is 11.1. The standard InChI is InChI=1S/C23H20N2O4S2/c26-22(27)12-14-24-16-6-1-3-8-18(16)30-20(24)10-5-11-21-25(15-13-23(28)29)17-7-2-4-9-19(17)31-21/h1-11H,12-15H2,(H-,26,27,28,29)/p+1. The number of hydrogen-bond acceptors (Lipinski definition) is 5. The lowest BCUT2D eigenvalue weighted by molar-refractivity contribution is -0.667. The van der Waals surface area contributed by atoms with Crippen LogP contribution in [0.1, 0.15) is 17.8 Å². The van der Waals surface area contributed by atoms with Crippen LogP contribution in [0.5, 0.6) is 0 Å². The van der Waals surface area contributed by atoms with Crippen LogP contribution in [0.3, 0.4) is 0 Å². The highest BCUT2D eigenvalue weighted by molar-refractivity contribution is 8.03. The topological polar surface area (TPSA) is 81.7 Å². The number of rotatable bonds is 8. The first-order chi connectivity index (χ1) is 15.0. The van der Waals surface area contributed by atoms with Crippen molar-refractivity contribution in [3.8, 4) is 0 Å². The van der Waals surface area contributed by atoms with Crippen LogP contribution in [0, 0.1) is 0 Å². The van der Waals surface area contributed by atoms with Gasteiger partial charge in [0.15, 0.2) is 6.54 Å². The molecular formula is C23H21N2O4S2+. The molecule has 4 rings (SSSR count). The van der Waals surface area contributed by atoms with Crippen LogP contribution in [0.15, 0.2) is 70.6 Å². The van der Waals surface area contributed by atoms with Gasteiger partial charge in [0.2, 0.25) is 5.52 Å². The Labute approximate surface area is 187 Å². The Morgan fingerprint density at radius 2 is 1.74 bits per heavy atom. The van der Waals surface area contributed by atoms with E-state index in [1.165, 1.54) is 0 Å². The van der Waals surface area contributed by atoms with Gasteiger partial charge in [0.1, 0.15) is 11.1 Å². The quantitative estimate of drug-likeness (QED) is 0.485. The van der Waals surface area contributed by atoms with Gasteiger partial charge in [-0.15, -0.1) is 0 Å². The van der Waals surface area contributed by atoms with E-state index in [2.05, 4.69) is 0 Å². The maximum Gasteiger partial charge on any atom is 0.309 e. The second-order valence-corrected chi connectivity index (χ2v) is 9.06. The van der Waals surface area contributed by atoms with Crippen molar-refractivity contribution in [3.63, 3.8) is 0 Å². The number of aromatic nitrogens is 1. The van der Waals surface area contributed by atoms with E-state index in [-0.39, 0.29) is 12.8 Å². The molecule has 8 heteroatoms. The van der Waals surface area contributed by atoms with Crippen molar-refractivity contribution in [1.82, 2.24) is 0 Å². The Bertz CT molecular complexity index is 1200. The van der Waals surface area contributed by atoms with Gasteiger partial charge in [0.05, 0.1) is 17.1 Å². The van der Waals surface area contributed by atoms with E-state index in [4.69, 9.17) is 10.2 Å². The summed E-state index contributed by atoms with van der Waals surface area (Å²) in [7, 11) is 0. The number of thioether (sulfide) groups is 1. The number of benzene rings is 2. The van der Waals surface area contributed by atoms with Crippen LogP contribution >= 0.6 is 23.1 Å². The predicted molar refractivity (Wildman–Crippen MR) is 123 cm³/mol. The average molecular weight is 454 g/mol. The molecule has 1 aliphatic rings. The molecule has 0 amide bonds. The number of anilines is 1. The molecule has 3 aromatic rings. The molecule has 31 heavy (non-hydrogen) atoms. The molecule has 0 unspecified atom stereocenters. The number of aliphatic carboxylic acids is 2. The van der Waals surface area contributed by atoms with E-state index >= 15 is 0 Å². The van der Waals surface area contributed by atoms with Crippen LogP contribution in [-0.2, 0) is 16.1 Å². The monoisotopic (exact) mass is 453 g/mol. The molecule has 0 spiro atoms. The van der Waals surface area contributed by atoms with Gasteiger partial charge in [-0.25, -0.2) is 0 Å². The fourth-order valence-corrected chi connectivity index (χ4v) is 5.65. The van der Waals surface area contributed by atoms with Gasteiger partial charge in [-0.05, 0) is 24.3 Å². The molecule has 0 aliphatic carbocycles. The molecule has 0 saturated heterocycles. The number of carboxylic acid groups (broad SMARTS) is 2. The Morgan fingerprint density at radius 3 is 2.55 bits per heavy atom. The second-order valence-electron chi connectivity index (χ2n) is 6.93. The van der Waals surface area contributed by atoms with Crippen molar-refractivity contribution in [3.05, 3.63) is 70.7 Å². The van der Waals surface area contributed by atoms with Gasteiger partial charge < -0.3 is 15.1 Å². The highest BCUT2D eigenvalue weighted by atomic mass is 32.2. The van der Waals surface area contributed by atoms with Gasteiger partial charge in [-0.3, -0.25) is 9.59 Å². The third-order valence-electron chi connectivity index (χ3n) is 4.85. The minimum Gasteiger partial charge on any atom is -0.481 e. The van der Waals surface area contributed by atoms with E-state index in [1.807, 2.05) is 76.2 Å². The Kier molecular flexibility index (Phi) is 6.39. The van der Waals surface area contributed by atoms with Crippen molar-refractivity contribution in [2.75, 3.05) is 11.4 Å². The number of fused-ring (bicyclic) bond motifs is 2. The normalized spacial score (nSPS) is 14.6. The first kappa shape index (κ1) is 21.1. The van der Waals surface area contributed by atoms with Crippen LogP contribution in [0.25, 0.3) is 16.3 Å². The molecule has 2 N–H and O–H groups in total. The average Bonchev–Trinajstić information content (AvgIpc) is 3.28. The fourth-order valence-electron chi connectivity index (χ4n) is 3.44. The van der Waals surface area contributed by atoms with E-state index in [1.54, 1.807) is 23.1 Å². The lowest BCUT2D eigenvalue weighted by Gasteiger charge is -2.19. The molecule has 0 bridgehead atoms. The van der Waals surface area contributed by atoms with Gasteiger partial charge in [0, 0.05) is 23.6 Å². The van der Waals surface area contributed by atoms with Gasteiger partial charge in [0.25, 0.3) is 5.01 Å². The summed E-state index contributed by atoms with van der Waals surface area (Å²) in [6.45, 7) is 0.807. The molecule has 1 aromatic heterocycles. The molecule has 1 aliphatic heterocycles. The predicted octanol–water partition coefficient (Wildman–Crippen LogP) is 4.61. The minimum atomic E-state index is -0.825. The van der Waals surface area contributed by atoms with Crippen molar-refractivity contribution in [1.29, 1.82) is 0 Å². The largest absolute Gasteiger partial charge is 0.481 e. The third-order valence-corrected chi connectivity index (χ3v) is 7.11. The van der Waals surface area contributed by atoms with Crippen LogP contribution < -0.4 is 9.47 Å². The lowest BCUT2D eigenvalue weighted by atomic mass is 10.2. The Hall–Kier alpha value is -3.10. The van der Waals surface area contributed by atoms with Crippen LogP contribution in [0.4, 0.5) is 5.69 Å². The number of carbonyl (C=O) groups is 2. The van der Waals surface area contributed by atoms with Crippen LogP contribution in [0.2, 0.25) is 0 Å².